The van der Waals surface area contributed by atoms with E-state index >= 15 is 0 Å². The van der Waals surface area contributed by atoms with Crippen LogP contribution in [0.15, 0.2) is 12.1 Å². The van der Waals surface area contributed by atoms with Crippen LogP contribution in [0.4, 0.5) is 5.82 Å². The largest absolute Gasteiger partial charge is 0.373 e. The maximum atomic E-state index is 12.4. The topological polar surface area (TPSA) is 54.0 Å². The van der Waals surface area contributed by atoms with Gasteiger partial charge in [0.15, 0.2) is 0 Å². The van der Waals surface area contributed by atoms with E-state index in [-0.39, 0.29) is 11.9 Å². The number of aryl methyl sites for hydroxylation is 1. The molecule has 1 heterocycles. The second-order valence-corrected chi connectivity index (χ2v) is 5.64. The third-order valence-electron chi connectivity index (χ3n) is 4.22. The summed E-state index contributed by atoms with van der Waals surface area (Å²) in [7, 11) is 1.82. The number of hydrogen-bond acceptors (Lipinski definition) is 3. The predicted molar refractivity (Wildman–Crippen MR) is 82.0 cm³/mol. The normalized spacial score (nSPS) is 16.9. The van der Waals surface area contributed by atoms with Crippen molar-refractivity contribution in [1.29, 1.82) is 0 Å². The molecule has 0 aromatic carbocycles. The fourth-order valence-electron chi connectivity index (χ4n) is 2.89. The van der Waals surface area contributed by atoms with Gasteiger partial charge < -0.3 is 10.6 Å². The van der Waals surface area contributed by atoms with Crippen LogP contribution in [0.5, 0.6) is 0 Å². The highest BCUT2D eigenvalue weighted by molar-refractivity contribution is 5.95. The van der Waals surface area contributed by atoms with Crippen LogP contribution < -0.4 is 10.6 Å². The number of anilines is 1. The van der Waals surface area contributed by atoms with Crippen LogP contribution in [0.25, 0.3) is 0 Å². The summed E-state index contributed by atoms with van der Waals surface area (Å²) in [6, 6.07) is 3.95. The molecule has 20 heavy (non-hydrogen) atoms. The highest BCUT2D eigenvalue weighted by atomic mass is 16.1. The first-order chi connectivity index (χ1) is 9.63. The number of pyridine rings is 1. The molecule has 1 aromatic rings. The van der Waals surface area contributed by atoms with Gasteiger partial charge in [-0.1, -0.05) is 19.8 Å². The molecule has 4 nitrogen and oxygen atoms in total. The van der Waals surface area contributed by atoms with Gasteiger partial charge in [0.1, 0.15) is 5.82 Å². The molecule has 0 bridgehead atoms. The number of amides is 1. The lowest BCUT2D eigenvalue weighted by Crippen LogP contribution is -2.37. The van der Waals surface area contributed by atoms with Crippen molar-refractivity contribution in [2.75, 3.05) is 12.4 Å². The molecule has 1 amide bonds. The minimum atomic E-state index is 0.0120. The van der Waals surface area contributed by atoms with Crippen LogP contribution in [-0.2, 0) is 6.42 Å². The lowest BCUT2D eigenvalue weighted by atomic mass is 9.99. The molecule has 4 heteroatoms. The molecule has 0 spiro atoms. The van der Waals surface area contributed by atoms with Gasteiger partial charge in [-0.05, 0) is 44.2 Å². The Labute approximate surface area is 121 Å². The number of nitrogens with one attached hydrogen (secondary N) is 2. The van der Waals surface area contributed by atoms with Gasteiger partial charge in [0.25, 0.3) is 5.91 Å². The van der Waals surface area contributed by atoms with Crippen LogP contribution in [0, 0.1) is 5.92 Å². The van der Waals surface area contributed by atoms with Crippen LogP contribution in [-0.4, -0.2) is 24.0 Å². The van der Waals surface area contributed by atoms with Crippen molar-refractivity contribution in [3.63, 3.8) is 0 Å². The summed E-state index contributed by atoms with van der Waals surface area (Å²) in [5.41, 5.74) is 1.64. The quantitative estimate of drug-likeness (QED) is 0.868. The Morgan fingerprint density at radius 1 is 1.40 bits per heavy atom. The fraction of sp³-hybridized carbons (Fsp3) is 0.625. The van der Waals surface area contributed by atoms with Crippen molar-refractivity contribution in [1.82, 2.24) is 10.3 Å². The summed E-state index contributed by atoms with van der Waals surface area (Å²) in [4.78, 5) is 16.8. The third-order valence-corrected chi connectivity index (χ3v) is 4.22. The number of carbonyl (C=O) groups excluding carboxylic acids is 1. The Hall–Kier alpha value is -1.58. The zero-order chi connectivity index (χ0) is 14.5. The first-order valence-corrected chi connectivity index (χ1v) is 7.63. The van der Waals surface area contributed by atoms with Crippen LogP contribution in [0.1, 0.15) is 55.6 Å². The molecular weight excluding hydrogens is 250 g/mol. The predicted octanol–water partition coefficient (Wildman–Crippen LogP) is 2.99. The lowest BCUT2D eigenvalue weighted by Gasteiger charge is -2.20. The number of hydrogen-bond donors (Lipinski definition) is 2. The number of carbonyl (C=O) groups is 1. The SMILES string of the molecule is CCc1cc(C(=O)NC(C)C2CCCC2)cc(NC)n1. The third kappa shape index (κ3) is 3.50. The molecule has 1 unspecified atom stereocenters. The molecule has 1 atom stereocenters. The molecule has 1 aliphatic rings. The van der Waals surface area contributed by atoms with Gasteiger partial charge in [0, 0.05) is 24.3 Å². The maximum absolute atomic E-state index is 12.4. The summed E-state index contributed by atoms with van der Waals surface area (Å²) in [5.74, 6) is 1.40. The second-order valence-electron chi connectivity index (χ2n) is 5.64. The van der Waals surface area contributed by atoms with E-state index in [4.69, 9.17) is 0 Å². The first-order valence-electron chi connectivity index (χ1n) is 7.63. The highest BCUT2D eigenvalue weighted by Crippen LogP contribution is 2.27. The van der Waals surface area contributed by atoms with Crippen molar-refractivity contribution in [2.24, 2.45) is 5.92 Å². The van der Waals surface area contributed by atoms with Gasteiger partial charge in [0.05, 0.1) is 0 Å². The van der Waals surface area contributed by atoms with E-state index in [2.05, 4.69) is 22.5 Å². The molecule has 1 fully saturated rings. The molecule has 1 aromatic heterocycles. The van der Waals surface area contributed by atoms with Crippen molar-refractivity contribution < 1.29 is 4.79 Å². The van der Waals surface area contributed by atoms with E-state index in [0.29, 0.717) is 11.5 Å². The Bertz CT molecular complexity index is 445. The number of nitrogens with zero attached hydrogens (tertiary/aromatic N) is 1. The molecule has 1 aliphatic carbocycles. The molecule has 0 aliphatic heterocycles. The van der Waals surface area contributed by atoms with Gasteiger partial charge in [-0.15, -0.1) is 0 Å². The van der Waals surface area contributed by atoms with E-state index in [1.807, 2.05) is 26.1 Å². The minimum Gasteiger partial charge on any atom is -0.373 e. The monoisotopic (exact) mass is 275 g/mol. The maximum Gasteiger partial charge on any atom is 0.251 e. The van der Waals surface area contributed by atoms with E-state index in [1.165, 1.54) is 25.7 Å². The minimum absolute atomic E-state index is 0.0120. The Morgan fingerprint density at radius 2 is 2.10 bits per heavy atom. The molecule has 0 saturated heterocycles. The second kappa shape index (κ2) is 6.73. The summed E-state index contributed by atoms with van der Waals surface area (Å²) in [6.45, 7) is 4.17. The van der Waals surface area contributed by atoms with Crippen molar-refractivity contribution in [3.05, 3.63) is 23.4 Å². The van der Waals surface area contributed by atoms with Crippen molar-refractivity contribution >= 4 is 11.7 Å². The van der Waals surface area contributed by atoms with E-state index in [1.54, 1.807) is 0 Å². The van der Waals surface area contributed by atoms with E-state index < -0.39 is 0 Å². The highest BCUT2D eigenvalue weighted by Gasteiger charge is 2.23. The van der Waals surface area contributed by atoms with E-state index in [9.17, 15) is 4.79 Å². The lowest BCUT2D eigenvalue weighted by molar-refractivity contribution is 0.0927. The Kier molecular flexibility index (Phi) is 4.99. The average molecular weight is 275 g/mol. The molecular formula is C16H25N3O. The molecule has 110 valence electrons. The summed E-state index contributed by atoms with van der Waals surface area (Å²) < 4.78 is 0. The van der Waals surface area contributed by atoms with Crippen LogP contribution in [0.3, 0.4) is 0 Å². The summed E-state index contributed by atoms with van der Waals surface area (Å²) >= 11 is 0. The zero-order valence-electron chi connectivity index (χ0n) is 12.7. The number of rotatable bonds is 5. The first kappa shape index (κ1) is 14.8. The zero-order valence-corrected chi connectivity index (χ0v) is 12.7. The molecule has 2 rings (SSSR count). The standard InChI is InChI=1S/C16H25N3O/c1-4-14-9-13(10-15(17-3)19-14)16(20)18-11(2)12-7-5-6-8-12/h9-12H,4-8H2,1-3H3,(H,17,19)(H,18,20). The van der Waals surface area contributed by atoms with Crippen LogP contribution in [0.2, 0.25) is 0 Å². The smallest absolute Gasteiger partial charge is 0.251 e. The van der Waals surface area contributed by atoms with Gasteiger partial charge >= 0.3 is 0 Å². The molecule has 2 N–H and O–H groups in total. The van der Waals surface area contributed by atoms with Gasteiger partial charge in [0.2, 0.25) is 0 Å². The fourth-order valence-corrected chi connectivity index (χ4v) is 2.89. The molecule has 1 saturated carbocycles. The van der Waals surface area contributed by atoms with Crippen molar-refractivity contribution in [2.45, 2.75) is 52.0 Å². The summed E-state index contributed by atoms with van der Waals surface area (Å²) in [5, 5.41) is 6.16. The summed E-state index contributed by atoms with van der Waals surface area (Å²) in [6.07, 6.45) is 5.89. The van der Waals surface area contributed by atoms with Crippen molar-refractivity contribution in [3.8, 4) is 0 Å². The van der Waals surface area contributed by atoms with Crippen LogP contribution >= 0.6 is 0 Å². The Morgan fingerprint density at radius 3 is 2.70 bits per heavy atom. The average Bonchev–Trinajstić information content (AvgIpc) is 3.00. The Balaban J connectivity index is 2.07. The molecule has 0 radical (unpaired) electrons. The van der Waals surface area contributed by atoms with Gasteiger partial charge in [-0.3, -0.25) is 4.79 Å². The number of aromatic nitrogens is 1. The van der Waals surface area contributed by atoms with Gasteiger partial charge in [-0.2, -0.15) is 0 Å². The van der Waals surface area contributed by atoms with E-state index in [0.717, 1.165) is 17.9 Å². The van der Waals surface area contributed by atoms with Gasteiger partial charge in [-0.25, -0.2) is 4.98 Å².